The molecule has 0 amide bonds. The maximum atomic E-state index is 9.83. The molecule has 0 unspecified atom stereocenters. The van der Waals surface area contributed by atoms with E-state index in [1.807, 2.05) is 30.3 Å². The lowest BCUT2D eigenvalue weighted by atomic mass is 10.0. The van der Waals surface area contributed by atoms with Crippen LogP contribution in [0.1, 0.15) is 5.56 Å². The van der Waals surface area contributed by atoms with Crippen LogP contribution in [-0.4, -0.2) is 17.5 Å². The summed E-state index contributed by atoms with van der Waals surface area (Å²) < 4.78 is 0. The Kier molecular flexibility index (Phi) is 3.65. The lowest BCUT2D eigenvalue weighted by Crippen LogP contribution is -2.15. The second kappa shape index (κ2) is 5.19. The van der Waals surface area contributed by atoms with Gasteiger partial charge in [-0.05, 0) is 16.8 Å². The number of nitrogens with one attached hydrogen (secondary N) is 1. The third-order valence-electron chi connectivity index (χ3n) is 2.59. The van der Waals surface area contributed by atoms with Gasteiger partial charge in [0.05, 0.1) is 0 Å². The third-order valence-corrected chi connectivity index (χ3v) is 2.78. The number of phenolic OH excluding ortho intramolecular Hbond substituents is 1. The lowest BCUT2D eigenvalue weighted by Gasteiger charge is -2.09. The van der Waals surface area contributed by atoms with E-state index in [-0.39, 0.29) is 0 Å². The molecular formula is C13H14ClNO. The van der Waals surface area contributed by atoms with Gasteiger partial charge in [0.1, 0.15) is 5.75 Å². The molecule has 0 fully saturated rings. The van der Waals surface area contributed by atoms with Crippen LogP contribution in [0.4, 0.5) is 0 Å². The second-order valence-corrected chi connectivity index (χ2v) is 4.03. The Hall–Kier alpha value is -1.25. The fourth-order valence-electron chi connectivity index (χ4n) is 1.79. The van der Waals surface area contributed by atoms with Crippen LogP contribution in [0, 0.1) is 0 Å². The first-order valence-electron chi connectivity index (χ1n) is 5.29. The number of fused-ring (bicyclic) bond motifs is 1. The average Bonchev–Trinajstić information content (AvgIpc) is 2.32. The topological polar surface area (TPSA) is 32.3 Å². The Balaban J connectivity index is 2.37. The van der Waals surface area contributed by atoms with Gasteiger partial charge in [-0.25, -0.2) is 0 Å². The van der Waals surface area contributed by atoms with E-state index < -0.39 is 0 Å². The quantitative estimate of drug-likeness (QED) is 0.631. The van der Waals surface area contributed by atoms with E-state index >= 15 is 0 Å². The summed E-state index contributed by atoms with van der Waals surface area (Å²) in [5.41, 5.74) is 0.934. The van der Waals surface area contributed by atoms with Crippen molar-refractivity contribution < 1.29 is 5.11 Å². The van der Waals surface area contributed by atoms with E-state index in [4.69, 9.17) is 11.6 Å². The van der Waals surface area contributed by atoms with Gasteiger partial charge in [-0.2, -0.15) is 0 Å². The molecule has 0 aliphatic rings. The summed E-state index contributed by atoms with van der Waals surface area (Å²) in [7, 11) is 0. The number of alkyl halides is 1. The maximum absolute atomic E-state index is 9.83. The molecule has 84 valence electrons. The van der Waals surface area contributed by atoms with Crippen molar-refractivity contribution in [3.05, 3.63) is 42.0 Å². The molecule has 0 radical (unpaired) electrons. The first-order chi connectivity index (χ1) is 7.83. The molecule has 2 aromatic rings. The average molecular weight is 236 g/mol. The van der Waals surface area contributed by atoms with Crippen molar-refractivity contribution in [3.63, 3.8) is 0 Å². The molecule has 0 spiro atoms. The minimum absolute atomic E-state index is 0.334. The number of hydrogen-bond donors (Lipinski definition) is 2. The highest BCUT2D eigenvalue weighted by Gasteiger charge is 2.05. The summed E-state index contributed by atoms with van der Waals surface area (Å²) in [6.07, 6.45) is 0. The van der Waals surface area contributed by atoms with Gasteiger partial charge >= 0.3 is 0 Å². The SMILES string of the molecule is Oc1ccc2ccccc2c1CNCCCl. The first kappa shape index (κ1) is 11.2. The molecule has 2 N–H and O–H groups in total. The Morgan fingerprint density at radius 2 is 1.94 bits per heavy atom. The fraction of sp³-hybridized carbons (Fsp3) is 0.231. The largest absolute Gasteiger partial charge is 0.508 e. The van der Waals surface area contributed by atoms with Crippen LogP contribution in [0.25, 0.3) is 10.8 Å². The predicted molar refractivity (Wildman–Crippen MR) is 68.0 cm³/mol. The maximum Gasteiger partial charge on any atom is 0.120 e. The van der Waals surface area contributed by atoms with Gasteiger partial charge in [0.2, 0.25) is 0 Å². The van der Waals surface area contributed by atoms with Gasteiger partial charge in [-0.3, -0.25) is 0 Å². The highest BCUT2D eigenvalue weighted by atomic mass is 35.5. The lowest BCUT2D eigenvalue weighted by molar-refractivity contribution is 0.466. The van der Waals surface area contributed by atoms with Crippen LogP contribution >= 0.6 is 11.6 Å². The van der Waals surface area contributed by atoms with Crippen molar-refractivity contribution >= 4 is 22.4 Å². The Bertz CT molecular complexity index is 484. The molecule has 16 heavy (non-hydrogen) atoms. The van der Waals surface area contributed by atoms with Crippen molar-refractivity contribution in [3.8, 4) is 5.75 Å². The van der Waals surface area contributed by atoms with Gasteiger partial charge in [-0.15, -0.1) is 11.6 Å². The Labute approximate surface area is 99.9 Å². The van der Waals surface area contributed by atoms with Crippen LogP contribution < -0.4 is 5.32 Å². The Morgan fingerprint density at radius 3 is 2.75 bits per heavy atom. The third kappa shape index (κ3) is 2.29. The molecule has 0 aliphatic carbocycles. The predicted octanol–water partition coefficient (Wildman–Crippen LogP) is 2.87. The minimum atomic E-state index is 0.334. The molecule has 2 aromatic carbocycles. The number of rotatable bonds is 4. The van der Waals surface area contributed by atoms with E-state index in [0.717, 1.165) is 22.9 Å². The van der Waals surface area contributed by atoms with Crippen molar-refractivity contribution in [2.24, 2.45) is 0 Å². The molecule has 2 nitrogen and oxygen atoms in total. The van der Waals surface area contributed by atoms with E-state index in [9.17, 15) is 5.11 Å². The summed E-state index contributed by atoms with van der Waals surface area (Å²) >= 11 is 5.60. The zero-order chi connectivity index (χ0) is 11.4. The first-order valence-corrected chi connectivity index (χ1v) is 5.82. The van der Waals surface area contributed by atoms with Crippen LogP contribution in [0.15, 0.2) is 36.4 Å². The summed E-state index contributed by atoms with van der Waals surface area (Å²) in [4.78, 5) is 0. The molecule has 0 saturated carbocycles. The molecule has 0 aliphatic heterocycles. The van der Waals surface area contributed by atoms with E-state index in [2.05, 4.69) is 5.32 Å². The summed E-state index contributed by atoms with van der Waals surface area (Å²) in [5, 5.41) is 15.3. The van der Waals surface area contributed by atoms with Crippen molar-refractivity contribution in [2.75, 3.05) is 12.4 Å². The van der Waals surface area contributed by atoms with Gasteiger partial charge in [0.15, 0.2) is 0 Å². The molecule has 2 rings (SSSR count). The Morgan fingerprint density at radius 1 is 1.12 bits per heavy atom. The summed E-state index contributed by atoms with van der Waals surface area (Å²) in [5.74, 6) is 0.909. The molecule has 3 heteroatoms. The van der Waals surface area contributed by atoms with E-state index in [1.54, 1.807) is 6.07 Å². The van der Waals surface area contributed by atoms with Crippen LogP contribution in [0.3, 0.4) is 0 Å². The molecule has 0 heterocycles. The normalized spacial score (nSPS) is 10.8. The number of aromatic hydroxyl groups is 1. The van der Waals surface area contributed by atoms with Crippen LogP contribution in [0.5, 0.6) is 5.75 Å². The fourth-order valence-corrected chi connectivity index (χ4v) is 1.92. The molecule has 0 aromatic heterocycles. The van der Waals surface area contributed by atoms with Gasteiger partial charge < -0.3 is 10.4 Å². The summed E-state index contributed by atoms with van der Waals surface area (Å²) in [6.45, 7) is 1.38. The number of phenols is 1. The zero-order valence-electron chi connectivity index (χ0n) is 8.91. The minimum Gasteiger partial charge on any atom is -0.508 e. The highest BCUT2D eigenvalue weighted by molar-refractivity contribution is 6.18. The van der Waals surface area contributed by atoms with Gasteiger partial charge in [0.25, 0.3) is 0 Å². The van der Waals surface area contributed by atoms with E-state index in [1.165, 1.54) is 0 Å². The number of benzene rings is 2. The molecular weight excluding hydrogens is 222 g/mol. The molecule has 0 atom stereocenters. The van der Waals surface area contributed by atoms with Gasteiger partial charge in [0, 0.05) is 24.5 Å². The smallest absolute Gasteiger partial charge is 0.120 e. The number of hydrogen-bond acceptors (Lipinski definition) is 2. The second-order valence-electron chi connectivity index (χ2n) is 3.65. The molecule has 0 bridgehead atoms. The standard InChI is InChI=1S/C13H14ClNO/c14-7-8-15-9-12-11-4-2-1-3-10(11)5-6-13(12)16/h1-6,15-16H,7-9H2. The zero-order valence-corrected chi connectivity index (χ0v) is 9.67. The number of halogens is 1. The summed E-state index contributed by atoms with van der Waals surface area (Å²) in [6, 6.07) is 11.7. The van der Waals surface area contributed by atoms with E-state index in [0.29, 0.717) is 18.2 Å². The molecule has 0 saturated heterocycles. The highest BCUT2D eigenvalue weighted by Crippen LogP contribution is 2.26. The van der Waals surface area contributed by atoms with Crippen molar-refractivity contribution in [1.29, 1.82) is 0 Å². The monoisotopic (exact) mass is 235 g/mol. The van der Waals surface area contributed by atoms with Gasteiger partial charge in [-0.1, -0.05) is 30.3 Å². The van der Waals surface area contributed by atoms with Crippen molar-refractivity contribution in [2.45, 2.75) is 6.54 Å². The van der Waals surface area contributed by atoms with Crippen LogP contribution in [0.2, 0.25) is 0 Å². The van der Waals surface area contributed by atoms with Crippen molar-refractivity contribution in [1.82, 2.24) is 5.32 Å². The van der Waals surface area contributed by atoms with Crippen LogP contribution in [-0.2, 0) is 6.54 Å².